The molecule has 3 unspecified atom stereocenters. The predicted molar refractivity (Wildman–Crippen MR) is 84.9 cm³/mol. The van der Waals surface area contributed by atoms with E-state index in [1.165, 1.54) is 0 Å². The normalized spacial score (nSPS) is 30.8. The van der Waals surface area contributed by atoms with E-state index in [0.717, 1.165) is 50.0 Å². The molecular formula is C19H25FO2. The molecule has 1 aromatic carbocycles. The van der Waals surface area contributed by atoms with Gasteiger partial charge in [0, 0.05) is 12.3 Å². The maximum atomic E-state index is 13.3. The first-order valence-electron chi connectivity index (χ1n) is 8.32. The van der Waals surface area contributed by atoms with Gasteiger partial charge < -0.3 is 9.47 Å². The summed E-state index contributed by atoms with van der Waals surface area (Å²) in [5.74, 6) is 1.86. The Kier molecular flexibility index (Phi) is 4.53. The van der Waals surface area contributed by atoms with Crippen molar-refractivity contribution in [3.05, 3.63) is 47.5 Å². The molecule has 3 atom stereocenters. The highest BCUT2D eigenvalue weighted by molar-refractivity contribution is 5.27. The quantitative estimate of drug-likeness (QED) is 0.778. The summed E-state index contributed by atoms with van der Waals surface area (Å²) < 4.78 is 25.1. The number of allylic oxidation sites excluding steroid dienone is 2. The average molecular weight is 304 g/mol. The van der Waals surface area contributed by atoms with Crippen LogP contribution in [0.5, 0.6) is 0 Å². The topological polar surface area (TPSA) is 18.5 Å². The zero-order valence-electron chi connectivity index (χ0n) is 13.5. The third kappa shape index (κ3) is 2.67. The van der Waals surface area contributed by atoms with Crippen LogP contribution in [0.25, 0.3) is 0 Å². The van der Waals surface area contributed by atoms with E-state index in [1.54, 1.807) is 19.2 Å². The van der Waals surface area contributed by atoms with Crippen LogP contribution in [0.1, 0.15) is 44.6 Å². The van der Waals surface area contributed by atoms with Crippen molar-refractivity contribution in [3.8, 4) is 0 Å². The number of fused-ring (bicyclic) bond motifs is 1. The Morgan fingerprint density at radius 2 is 2.09 bits per heavy atom. The second-order valence-electron chi connectivity index (χ2n) is 6.49. The number of ether oxygens (including phenoxy) is 2. The third-order valence-electron chi connectivity index (χ3n) is 5.28. The van der Waals surface area contributed by atoms with Crippen molar-refractivity contribution in [2.75, 3.05) is 13.7 Å². The van der Waals surface area contributed by atoms with Crippen LogP contribution >= 0.6 is 0 Å². The largest absolute Gasteiger partial charge is 0.501 e. The van der Waals surface area contributed by atoms with E-state index in [-0.39, 0.29) is 11.4 Å². The van der Waals surface area contributed by atoms with Crippen LogP contribution in [-0.2, 0) is 15.1 Å². The van der Waals surface area contributed by atoms with Gasteiger partial charge in [0.1, 0.15) is 5.82 Å². The Labute approximate surface area is 132 Å². The predicted octanol–water partition coefficient (Wildman–Crippen LogP) is 4.80. The second-order valence-corrected chi connectivity index (χ2v) is 6.49. The fourth-order valence-electron chi connectivity index (χ4n) is 4.08. The lowest BCUT2D eigenvalue weighted by Crippen LogP contribution is -2.35. The molecule has 0 radical (unpaired) electrons. The molecule has 1 aliphatic heterocycles. The Balaban J connectivity index is 1.93. The molecule has 2 nitrogen and oxygen atoms in total. The SMILES string of the molecule is CCCCC1(c2ccc(F)cc2)OCC2CC(OC)=CCC21. The molecule has 0 aromatic heterocycles. The lowest BCUT2D eigenvalue weighted by Gasteiger charge is -2.38. The van der Waals surface area contributed by atoms with E-state index >= 15 is 0 Å². The molecule has 1 saturated heterocycles. The average Bonchev–Trinajstić information content (AvgIpc) is 2.92. The van der Waals surface area contributed by atoms with E-state index in [1.807, 2.05) is 12.1 Å². The number of unbranched alkanes of at least 4 members (excludes halogenated alkanes) is 1. The maximum absolute atomic E-state index is 13.3. The fourth-order valence-corrected chi connectivity index (χ4v) is 4.08. The highest BCUT2D eigenvalue weighted by atomic mass is 19.1. The van der Waals surface area contributed by atoms with Gasteiger partial charge in [-0.05, 0) is 42.5 Å². The monoisotopic (exact) mass is 304 g/mol. The number of benzene rings is 1. The van der Waals surface area contributed by atoms with Crippen LogP contribution < -0.4 is 0 Å². The van der Waals surface area contributed by atoms with Crippen molar-refractivity contribution in [3.63, 3.8) is 0 Å². The number of hydrogen-bond acceptors (Lipinski definition) is 2. The molecule has 1 heterocycles. The van der Waals surface area contributed by atoms with Crippen molar-refractivity contribution in [1.82, 2.24) is 0 Å². The van der Waals surface area contributed by atoms with Crippen LogP contribution in [0.3, 0.4) is 0 Å². The highest BCUT2D eigenvalue weighted by Gasteiger charge is 2.51. The molecule has 1 aliphatic carbocycles. The molecule has 0 spiro atoms. The van der Waals surface area contributed by atoms with Gasteiger partial charge in [-0.25, -0.2) is 4.39 Å². The van der Waals surface area contributed by atoms with Crippen molar-refractivity contribution < 1.29 is 13.9 Å². The van der Waals surface area contributed by atoms with Crippen LogP contribution in [0.15, 0.2) is 36.1 Å². The summed E-state index contributed by atoms with van der Waals surface area (Å²) in [6.07, 6.45) is 7.42. The van der Waals surface area contributed by atoms with E-state index in [0.29, 0.717) is 11.8 Å². The Hall–Kier alpha value is -1.35. The summed E-state index contributed by atoms with van der Waals surface area (Å²) in [4.78, 5) is 0. The van der Waals surface area contributed by atoms with Gasteiger partial charge >= 0.3 is 0 Å². The maximum Gasteiger partial charge on any atom is 0.123 e. The molecule has 0 amide bonds. The smallest absolute Gasteiger partial charge is 0.123 e. The van der Waals surface area contributed by atoms with Crippen molar-refractivity contribution >= 4 is 0 Å². The van der Waals surface area contributed by atoms with Crippen LogP contribution in [0, 0.1) is 17.7 Å². The summed E-state index contributed by atoms with van der Waals surface area (Å²) in [7, 11) is 1.74. The summed E-state index contributed by atoms with van der Waals surface area (Å²) >= 11 is 0. The van der Waals surface area contributed by atoms with Crippen LogP contribution in [0.4, 0.5) is 4.39 Å². The zero-order chi connectivity index (χ0) is 15.6. The van der Waals surface area contributed by atoms with E-state index in [4.69, 9.17) is 9.47 Å². The second kappa shape index (κ2) is 6.41. The van der Waals surface area contributed by atoms with E-state index in [9.17, 15) is 4.39 Å². The Morgan fingerprint density at radius 1 is 1.32 bits per heavy atom. The number of rotatable bonds is 5. The zero-order valence-corrected chi connectivity index (χ0v) is 13.5. The van der Waals surface area contributed by atoms with E-state index in [2.05, 4.69) is 13.0 Å². The highest BCUT2D eigenvalue weighted by Crippen LogP contribution is 2.52. The number of halogens is 1. The molecule has 1 aromatic rings. The number of methoxy groups -OCH3 is 1. The molecule has 3 heteroatoms. The lowest BCUT2D eigenvalue weighted by atomic mass is 9.69. The molecule has 2 aliphatic rings. The first kappa shape index (κ1) is 15.5. The summed E-state index contributed by atoms with van der Waals surface area (Å²) in [6.45, 7) is 2.97. The molecular weight excluding hydrogens is 279 g/mol. The van der Waals surface area contributed by atoms with Gasteiger partial charge in [0.05, 0.1) is 25.1 Å². The summed E-state index contributed by atoms with van der Waals surface area (Å²) in [6, 6.07) is 6.92. The lowest BCUT2D eigenvalue weighted by molar-refractivity contribution is -0.0355. The van der Waals surface area contributed by atoms with Gasteiger partial charge in [-0.2, -0.15) is 0 Å². The van der Waals surface area contributed by atoms with Crippen molar-refractivity contribution in [2.24, 2.45) is 11.8 Å². The Bertz CT molecular complexity index is 537. The molecule has 22 heavy (non-hydrogen) atoms. The minimum Gasteiger partial charge on any atom is -0.501 e. The van der Waals surface area contributed by atoms with Crippen molar-refractivity contribution in [2.45, 2.75) is 44.6 Å². The van der Waals surface area contributed by atoms with Crippen LogP contribution in [-0.4, -0.2) is 13.7 Å². The minimum atomic E-state index is -0.260. The fraction of sp³-hybridized carbons (Fsp3) is 0.579. The van der Waals surface area contributed by atoms with Crippen LogP contribution in [0.2, 0.25) is 0 Å². The summed E-state index contributed by atoms with van der Waals surface area (Å²) in [5, 5.41) is 0. The first-order valence-corrected chi connectivity index (χ1v) is 8.32. The van der Waals surface area contributed by atoms with Gasteiger partial charge in [-0.3, -0.25) is 0 Å². The van der Waals surface area contributed by atoms with Gasteiger partial charge in [0.25, 0.3) is 0 Å². The molecule has 1 fully saturated rings. The summed E-state index contributed by atoms with van der Waals surface area (Å²) in [5.41, 5.74) is 0.869. The van der Waals surface area contributed by atoms with Crippen molar-refractivity contribution in [1.29, 1.82) is 0 Å². The van der Waals surface area contributed by atoms with Gasteiger partial charge in [0.15, 0.2) is 0 Å². The molecule has 0 N–H and O–H groups in total. The van der Waals surface area contributed by atoms with E-state index < -0.39 is 0 Å². The Morgan fingerprint density at radius 3 is 2.77 bits per heavy atom. The first-order chi connectivity index (χ1) is 10.7. The molecule has 0 bridgehead atoms. The molecule has 0 saturated carbocycles. The van der Waals surface area contributed by atoms with Gasteiger partial charge in [-0.15, -0.1) is 0 Å². The third-order valence-corrected chi connectivity index (χ3v) is 5.28. The van der Waals surface area contributed by atoms with Gasteiger partial charge in [0.2, 0.25) is 0 Å². The molecule has 3 rings (SSSR count). The standard InChI is InChI=1S/C19H25FO2/c1-3-4-11-19(15-5-7-16(20)8-6-15)18-10-9-17(21-2)12-14(18)13-22-19/h5-9,14,18H,3-4,10-13H2,1-2H3. The molecule has 120 valence electrons. The minimum absolute atomic E-state index is 0.186. The van der Waals surface area contributed by atoms with Gasteiger partial charge in [-0.1, -0.05) is 31.9 Å². The number of hydrogen-bond donors (Lipinski definition) is 0.